The Morgan fingerprint density at radius 2 is 2.30 bits per heavy atom. The van der Waals surface area contributed by atoms with E-state index in [1.165, 1.54) is 15.6 Å². The number of sulfonamides is 1. The van der Waals surface area contributed by atoms with Crippen LogP contribution in [-0.2, 0) is 14.8 Å². The Kier molecular flexibility index (Phi) is 4.42. The molecule has 0 saturated carbocycles. The van der Waals surface area contributed by atoms with E-state index in [2.05, 4.69) is 15.3 Å². The van der Waals surface area contributed by atoms with E-state index < -0.39 is 16.1 Å². The Hall–Kier alpha value is -1.84. The van der Waals surface area contributed by atoms with Crippen LogP contribution in [-0.4, -0.2) is 47.4 Å². The lowest BCUT2D eigenvalue weighted by Crippen LogP contribution is -2.42. The normalized spacial score (nSPS) is 18.9. The minimum Gasteiger partial charge on any atom is -0.301 e. The fourth-order valence-corrected chi connectivity index (χ4v) is 4.41. The highest BCUT2D eigenvalue weighted by Gasteiger charge is 2.36. The number of anilines is 1. The zero-order valence-corrected chi connectivity index (χ0v) is 14.1. The molecule has 2 aromatic rings. The van der Waals surface area contributed by atoms with Gasteiger partial charge in [-0.3, -0.25) is 9.78 Å². The van der Waals surface area contributed by atoms with Crippen molar-refractivity contribution in [1.29, 1.82) is 0 Å². The zero-order chi connectivity index (χ0) is 16.4. The Labute approximate surface area is 138 Å². The molecule has 2 aromatic heterocycles. The monoisotopic (exact) mass is 352 g/mol. The van der Waals surface area contributed by atoms with Crippen LogP contribution in [0.25, 0.3) is 11.3 Å². The molecule has 7 nitrogen and oxygen atoms in total. The number of carbonyl (C=O) groups is 1. The molecule has 122 valence electrons. The van der Waals surface area contributed by atoms with Crippen LogP contribution in [0.3, 0.4) is 0 Å². The predicted molar refractivity (Wildman–Crippen MR) is 88.5 cm³/mol. The lowest BCUT2D eigenvalue weighted by molar-refractivity contribution is -0.119. The van der Waals surface area contributed by atoms with Gasteiger partial charge in [-0.1, -0.05) is 0 Å². The minimum absolute atomic E-state index is 0.333. The van der Waals surface area contributed by atoms with E-state index in [0.717, 1.165) is 17.5 Å². The molecule has 0 unspecified atom stereocenters. The molecule has 0 radical (unpaired) electrons. The summed E-state index contributed by atoms with van der Waals surface area (Å²) in [7, 11) is -3.38. The second-order valence-electron chi connectivity index (χ2n) is 5.30. The molecule has 1 amide bonds. The van der Waals surface area contributed by atoms with Gasteiger partial charge < -0.3 is 5.32 Å². The first-order valence-electron chi connectivity index (χ1n) is 7.09. The molecule has 1 aliphatic rings. The summed E-state index contributed by atoms with van der Waals surface area (Å²) in [6.45, 7) is 0.385. The summed E-state index contributed by atoms with van der Waals surface area (Å²) in [5.41, 5.74) is 1.59. The number of carbonyl (C=O) groups excluding carboxylic acids is 1. The maximum atomic E-state index is 12.4. The molecule has 23 heavy (non-hydrogen) atoms. The molecule has 0 aromatic carbocycles. The number of nitrogens with zero attached hydrogens (tertiary/aromatic N) is 3. The standard InChI is InChI=1S/C14H16N4O3S2/c1-23(20,21)18-7-3-5-12(18)13(19)17-14-16-11(9-22-14)10-4-2-6-15-8-10/h2,4,6,8-9,12H,3,5,7H2,1H3,(H,16,17,19)/t12-/m1/s1. The van der Waals surface area contributed by atoms with E-state index in [0.29, 0.717) is 24.5 Å². The molecule has 3 heterocycles. The van der Waals surface area contributed by atoms with Gasteiger partial charge in [0.2, 0.25) is 15.9 Å². The van der Waals surface area contributed by atoms with Crippen molar-refractivity contribution in [3.05, 3.63) is 29.9 Å². The number of amides is 1. The number of hydrogen-bond acceptors (Lipinski definition) is 6. The van der Waals surface area contributed by atoms with Crippen molar-refractivity contribution in [3.63, 3.8) is 0 Å². The lowest BCUT2D eigenvalue weighted by atomic mass is 10.2. The maximum absolute atomic E-state index is 12.4. The molecule has 0 spiro atoms. The number of rotatable bonds is 4. The number of aromatic nitrogens is 2. The van der Waals surface area contributed by atoms with Crippen LogP contribution in [0.1, 0.15) is 12.8 Å². The van der Waals surface area contributed by atoms with E-state index >= 15 is 0 Å². The molecule has 1 fully saturated rings. The molecule has 1 N–H and O–H groups in total. The van der Waals surface area contributed by atoms with Crippen molar-refractivity contribution in [2.75, 3.05) is 18.1 Å². The summed E-state index contributed by atoms with van der Waals surface area (Å²) in [6.07, 6.45) is 5.72. The Balaban J connectivity index is 1.73. The fraction of sp³-hybridized carbons (Fsp3) is 0.357. The van der Waals surface area contributed by atoms with Gasteiger partial charge in [-0.25, -0.2) is 13.4 Å². The molecule has 1 saturated heterocycles. The summed E-state index contributed by atoms with van der Waals surface area (Å²) in [4.78, 5) is 20.7. The third-order valence-electron chi connectivity index (χ3n) is 3.62. The summed E-state index contributed by atoms with van der Waals surface area (Å²) in [5.74, 6) is -0.333. The van der Waals surface area contributed by atoms with Crippen LogP contribution in [0.4, 0.5) is 5.13 Å². The number of thiazole rings is 1. The van der Waals surface area contributed by atoms with Crippen LogP contribution < -0.4 is 5.32 Å². The topological polar surface area (TPSA) is 92.3 Å². The first kappa shape index (κ1) is 16.0. The molecule has 1 atom stereocenters. The molecular weight excluding hydrogens is 336 g/mol. The van der Waals surface area contributed by atoms with Crippen LogP contribution in [0.2, 0.25) is 0 Å². The smallest absolute Gasteiger partial charge is 0.244 e. The van der Waals surface area contributed by atoms with E-state index in [9.17, 15) is 13.2 Å². The summed E-state index contributed by atoms with van der Waals surface area (Å²) >= 11 is 1.30. The van der Waals surface area contributed by atoms with Crippen molar-refractivity contribution >= 4 is 32.4 Å². The van der Waals surface area contributed by atoms with Crippen molar-refractivity contribution in [1.82, 2.24) is 14.3 Å². The van der Waals surface area contributed by atoms with Crippen molar-refractivity contribution in [3.8, 4) is 11.3 Å². The average Bonchev–Trinajstić information content (AvgIpc) is 3.16. The molecule has 1 aliphatic heterocycles. The summed E-state index contributed by atoms with van der Waals surface area (Å²) in [6, 6.07) is 3.04. The van der Waals surface area contributed by atoms with Gasteiger partial charge in [0.25, 0.3) is 0 Å². The van der Waals surface area contributed by atoms with Gasteiger partial charge in [0.05, 0.1) is 11.9 Å². The molecular formula is C14H16N4O3S2. The number of pyridine rings is 1. The van der Waals surface area contributed by atoms with Crippen LogP contribution in [0.5, 0.6) is 0 Å². The van der Waals surface area contributed by atoms with Gasteiger partial charge >= 0.3 is 0 Å². The SMILES string of the molecule is CS(=O)(=O)N1CCC[C@@H]1C(=O)Nc1nc(-c2cccnc2)cs1. The van der Waals surface area contributed by atoms with Crippen LogP contribution >= 0.6 is 11.3 Å². The third-order valence-corrected chi connectivity index (χ3v) is 5.67. The Morgan fingerprint density at radius 1 is 1.48 bits per heavy atom. The first-order chi connectivity index (χ1) is 10.9. The first-order valence-corrected chi connectivity index (χ1v) is 9.81. The van der Waals surface area contributed by atoms with Crippen molar-refractivity contribution in [2.45, 2.75) is 18.9 Å². The fourth-order valence-electron chi connectivity index (χ4n) is 2.57. The van der Waals surface area contributed by atoms with E-state index in [4.69, 9.17) is 0 Å². The second-order valence-corrected chi connectivity index (χ2v) is 8.09. The predicted octanol–water partition coefficient (Wildman–Crippen LogP) is 1.57. The maximum Gasteiger partial charge on any atom is 0.244 e. The number of hydrogen-bond donors (Lipinski definition) is 1. The highest BCUT2D eigenvalue weighted by atomic mass is 32.2. The van der Waals surface area contributed by atoms with E-state index in [-0.39, 0.29) is 5.91 Å². The van der Waals surface area contributed by atoms with Crippen LogP contribution in [0, 0.1) is 0 Å². The average molecular weight is 352 g/mol. The van der Waals surface area contributed by atoms with Gasteiger partial charge in [0.1, 0.15) is 6.04 Å². The molecule has 9 heteroatoms. The Bertz CT molecular complexity index is 804. The van der Waals surface area contributed by atoms with Gasteiger partial charge in [0.15, 0.2) is 5.13 Å². The Morgan fingerprint density at radius 3 is 3.00 bits per heavy atom. The molecule has 0 aliphatic carbocycles. The van der Waals surface area contributed by atoms with Gasteiger partial charge in [-0.05, 0) is 25.0 Å². The van der Waals surface area contributed by atoms with E-state index in [1.807, 2.05) is 17.5 Å². The quantitative estimate of drug-likeness (QED) is 0.902. The lowest BCUT2D eigenvalue weighted by Gasteiger charge is -2.20. The van der Waals surface area contributed by atoms with Gasteiger partial charge in [-0.2, -0.15) is 4.31 Å². The third kappa shape index (κ3) is 3.57. The summed E-state index contributed by atoms with van der Waals surface area (Å²) < 4.78 is 24.7. The van der Waals surface area contributed by atoms with Crippen molar-refractivity contribution in [2.24, 2.45) is 0 Å². The summed E-state index contributed by atoms with van der Waals surface area (Å²) in [5, 5.41) is 5.00. The molecule has 0 bridgehead atoms. The highest BCUT2D eigenvalue weighted by Crippen LogP contribution is 2.26. The van der Waals surface area contributed by atoms with Gasteiger partial charge in [0, 0.05) is 29.9 Å². The zero-order valence-electron chi connectivity index (χ0n) is 12.5. The van der Waals surface area contributed by atoms with Gasteiger partial charge in [-0.15, -0.1) is 11.3 Å². The minimum atomic E-state index is -3.38. The van der Waals surface area contributed by atoms with Crippen LogP contribution in [0.15, 0.2) is 29.9 Å². The highest BCUT2D eigenvalue weighted by molar-refractivity contribution is 7.88. The number of nitrogens with one attached hydrogen (secondary N) is 1. The van der Waals surface area contributed by atoms with Crippen molar-refractivity contribution < 1.29 is 13.2 Å². The second kappa shape index (κ2) is 6.34. The molecule has 3 rings (SSSR count). The largest absolute Gasteiger partial charge is 0.301 e. The van der Waals surface area contributed by atoms with E-state index in [1.54, 1.807) is 12.4 Å².